The summed E-state index contributed by atoms with van der Waals surface area (Å²) in [6.45, 7) is 6.63. The fourth-order valence-electron chi connectivity index (χ4n) is 10.2. The average Bonchev–Trinajstić information content (AvgIpc) is 3.98. The Morgan fingerprint density at radius 2 is 1.10 bits per heavy atom. The van der Waals surface area contributed by atoms with E-state index in [1.807, 2.05) is 94.2 Å². The van der Waals surface area contributed by atoms with Gasteiger partial charge in [-0.2, -0.15) is 0 Å². The van der Waals surface area contributed by atoms with Crippen molar-refractivity contribution in [2.45, 2.75) is 26.2 Å². The van der Waals surface area contributed by atoms with Crippen LogP contribution in [0.25, 0.3) is 106 Å². The summed E-state index contributed by atoms with van der Waals surface area (Å²) in [6, 6.07) is 62.1. The second-order valence-corrected chi connectivity index (χ2v) is 18.6. The molecule has 69 heavy (non-hydrogen) atoms. The SMILES string of the molecule is [2H]c1c([2H])c([2H])c(-c2cc3c(cc2-[n+]2[c-]n(-c4cccc(Oc5ccc6c7ccccc7n(-c7cc(C(C)(C)C)ccn7)c6c5)c4)c4ccccc42)-c2ccccc2-c2ccccc2-c2ccccc2-3)c([2H])c1[2H]. The van der Waals surface area contributed by atoms with E-state index >= 15 is 0 Å². The van der Waals surface area contributed by atoms with Gasteiger partial charge in [-0.05, 0) is 127 Å². The van der Waals surface area contributed by atoms with E-state index in [0.717, 1.165) is 88.9 Å². The lowest BCUT2D eigenvalue weighted by Crippen LogP contribution is -2.30. The van der Waals surface area contributed by atoms with Crippen molar-refractivity contribution in [1.82, 2.24) is 14.1 Å². The third kappa shape index (κ3) is 6.77. The molecule has 3 aromatic heterocycles. The largest absolute Gasteiger partial charge is 0.458 e. The van der Waals surface area contributed by atoms with Gasteiger partial charge in [-0.1, -0.05) is 172 Å². The van der Waals surface area contributed by atoms with Crippen molar-refractivity contribution in [3.8, 4) is 84.3 Å². The van der Waals surface area contributed by atoms with Crippen LogP contribution in [-0.2, 0) is 5.41 Å². The Morgan fingerprint density at radius 3 is 1.80 bits per heavy atom. The van der Waals surface area contributed by atoms with Crippen LogP contribution in [0, 0.1) is 6.33 Å². The topological polar surface area (TPSA) is 35.9 Å². The van der Waals surface area contributed by atoms with Crippen molar-refractivity contribution in [2.75, 3.05) is 0 Å². The van der Waals surface area contributed by atoms with E-state index in [9.17, 15) is 2.74 Å². The second kappa shape index (κ2) is 15.9. The zero-order valence-corrected chi connectivity index (χ0v) is 38.2. The van der Waals surface area contributed by atoms with Crippen LogP contribution in [0.3, 0.4) is 0 Å². The van der Waals surface area contributed by atoms with Gasteiger partial charge in [-0.3, -0.25) is 13.7 Å². The Kier molecular flexibility index (Phi) is 8.17. The normalized spacial score (nSPS) is 13.0. The molecule has 328 valence electrons. The van der Waals surface area contributed by atoms with Crippen LogP contribution in [0.1, 0.15) is 33.2 Å². The van der Waals surface area contributed by atoms with E-state index in [4.69, 9.17) is 13.8 Å². The third-order valence-electron chi connectivity index (χ3n) is 13.4. The van der Waals surface area contributed by atoms with Crippen LogP contribution in [-0.4, -0.2) is 14.1 Å². The monoisotopic (exact) mass is 891 g/mol. The summed E-state index contributed by atoms with van der Waals surface area (Å²) in [5.74, 6) is 2.12. The number of imidazole rings is 1. The van der Waals surface area contributed by atoms with Crippen molar-refractivity contribution in [3.63, 3.8) is 0 Å². The fraction of sp³-hybridized carbons (Fsp3) is 0.0625. The van der Waals surface area contributed by atoms with Crippen LogP contribution < -0.4 is 9.30 Å². The number of benzene rings is 9. The highest BCUT2D eigenvalue weighted by atomic mass is 16.5. The molecule has 0 N–H and O–H groups in total. The maximum atomic E-state index is 9.37. The maximum Gasteiger partial charge on any atom is 0.269 e. The summed E-state index contributed by atoms with van der Waals surface area (Å²) in [5.41, 5.74) is 14.8. The molecule has 12 aromatic rings. The van der Waals surface area contributed by atoms with Gasteiger partial charge >= 0.3 is 0 Å². The van der Waals surface area contributed by atoms with E-state index in [1.54, 1.807) is 0 Å². The predicted octanol–water partition coefficient (Wildman–Crippen LogP) is 15.9. The van der Waals surface area contributed by atoms with Gasteiger partial charge in [0, 0.05) is 23.0 Å². The first-order chi connectivity index (χ1) is 35.9. The number of rotatable bonds is 6. The summed E-state index contributed by atoms with van der Waals surface area (Å²) in [5, 5.41) is 2.22. The number of ether oxygens (including phenoxy) is 1. The van der Waals surface area contributed by atoms with Gasteiger partial charge < -0.3 is 4.74 Å². The molecule has 0 radical (unpaired) electrons. The molecule has 0 saturated heterocycles. The predicted molar refractivity (Wildman–Crippen MR) is 282 cm³/mol. The van der Waals surface area contributed by atoms with Crippen LogP contribution in [0.5, 0.6) is 11.5 Å². The Hall–Kier alpha value is -8.80. The third-order valence-corrected chi connectivity index (χ3v) is 13.4. The van der Waals surface area contributed by atoms with Gasteiger partial charge in [-0.15, -0.1) is 0 Å². The first kappa shape index (κ1) is 35.4. The number of aromatic nitrogens is 4. The zero-order valence-electron chi connectivity index (χ0n) is 43.2. The molecule has 9 aromatic carbocycles. The van der Waals surface area contributed by atoms with Gasteiger partial charge in [-0.25, -0.2) is 4.98 Å². The molecule has 0 saturated carbocycles. The van der Waals surface area contributed by atoms with Gasteiger partial charge in [0.15, 0.2) is 0 Å². The second-order valence-electron chi connectivity index (χ2n) is 18.6. The molecule has 0 bridgehead atoms. The standard InChI is InChI=1S/C64H46N4O/c1-64(2,3)43-34-35-65-63(36-43)68-58-29-14-13-28-53(58)54-33-32-46(38-62(54)68)69-45-21-17-20-44(37-45)66-41-67(60-31-16-15-30-59(60)66)61-40-57-52-27-12-10-25-50(52)48-23-8-7-22-47(48)49-24-9-11-26-51(49)56(57)39-55(61)42-18-5-4-6-19-42/h4-40H,1-3H3/i4D,5D,6D,18D,19D. The van der Waals surface area contributed by atoms with Gasteiger partial charge in [0.25, 0.3) is 6.33 Å². The lowest BCUT2D eigenvalue weighted by atomic mass is 9.80. The number of para-hydroxylation sites is 3. The van der Waals surface area contributed by atoms with Crippen molar-refractivity contribution in [2.24, 2.45) is 0 Å². The quantitative estimate of drug-likeness (QED) is 0.123. The van der Waals surface area contributed by atoms with Crippen LogP contribution in [0.15, 0.2) is 224 Å². The minimum Gasteiger partial charge on any atom is -0.458 e. The minimum absolute atomic E-state index is 0.0593. The molecule has 0 unspecified atom stereocenters. The summed E-state index contributed by atoms with van der Waals surface area (Å²) in [7, 11) is 0. The molecule has 13 rings (SSSR count). The van der Waals surface area contributed by atoms with Crippen LogP contribution >= 0.6 is 0 Å². The molecule has 1 aliphatic rings. The van der Waals surface area contributed by atoms with Gasteiger partial charge in [0.1, 0.15) is 17.3 Å². The Balaban J connectivity index is 0.995. The first-order valence-electron chi connectivity index (χ1n) is 25.7. The summed E-state index contributed by atoms with van der Waals surface area (Å²) >= 11 is 0. The molecule has 3 heterocycles. The summed E-state index contributed by atoms with van der Waals surface area (Å²) < 4.78 is 57.9. The lowest BCUT2D eigenvalue weighted by molar-refractivity contribution is -0.571. The Labute approximate surface area is 408 Å². The highest BCUT2D eigenvalue weighted by Crippen LogP contribution is 2.49. The van der Waals surface area contributed by atoms with Crippen LogP contribution in [0.2, 0.25) is 0 Å². The molecule has 0 aliphatic heterocycles. The van der Waals surface area contributed by atoms with E-state index in [2.05, 4.69) is 141 Å². The van der Waals surface area contributed by atoms with Gasteiger partial charge in [0.05, 0.1) is 40.3 Å². The van der Waals surface area contributed by atoms with Crippen molar-refractivity contribution in [1.29, 1.82) is 0 Å². The fourth-order valence-corrected chi connectivity index (χ4v) is 10.2. The molecular weight excluding hydrogens is 841 g/mol. The number of nitrogens with zero attached hydrogens (tertiary/aromatic N) is 4. The molecule has 0 atom stereocenters. The zero-order chi connectivity index (χ0) is 50.6. The van der Waals surface area contributed by atoms with E-state index in [1.165, 1.54) is 5.56 Å². The lowest BCUT2D eigenvalue weighted by Gasteiger charge is -2.25. The van der Waals surface area contributed by atoms with Crippen molar-refractivity contribution < 1.29 is 16.2 Å². The van der Waals surface area contributed by atoms with Gasteiger partial charge in [0.2, 0.25) is 0 Å². The van der Waals surface area contributed by atoms with Crippen molar-refractivity contribution >= 4 is 32.8 Å². The molecule has 0 amide bonds. The number of fused-ring (bicyclic) bond motifs is 12. The highest BCUT2D eigenvalue weighted by molar-refractivity contribution is 6.09. The van der Waals surface area contributed by atoms with E-state index < -0.39 is 18.1 Å². The molecule has 5 heteroatoms. The molecule has 1 aliphatic carbocycles. The summed E-state index contributed by atoms with van der Waals surface area (Å²) in [4.78, 5) is 4.87. The Morgan fingerprint density at radius 1 is 0.507 bits per heavy atom. The van der Waals surface area contributed by atoms with E-state index in [0.29, 0.717) is 22.7 Å². The maximum absolute atomic E-state index is 9.37. The summed E-state index contributed by atoms with van der Waals surface area (Å²) in [6.07, 6.45) is 5.58. The number of hydrogen-bond acceptors (Lipinski definition) is 2. The minimum atomic E-state index is -0.449. The highest BCUT2D eigenvalue weighted by Gasteiger charge is 2.26. The Bertz CT molecular complexity index is 4270. The van der Waals surface area contributed by atoms with Crippen molar-refractivity contribution in [3.05, 3.63) is 236 Å². The number of hydrogen-bond donors (Lipinski definition) is 0. The molecule has 0 fully saturated rings. The van der Waals surface area contributed by atoms with E-state index in [-0.39, 0.29) is 23.1 Å². The first-order valence-corrected chi connectivity index (χ1v) is 23.2. The molecule has 5 nitrogen and oxygen atoms in total. The molecule has 0 spiro atoms. The molecular formula is C64H46N4O. The smallest absolute Gasteiger partial charge is 0.269 e. The average molecular weight is 892 g/mol. The van der Waals surface area contributed by atoms with Crippen LogP contribution in [0.4, 0.5) is 0 Å². The number of pyridine rings is 1.